The summed E-state index contributed by atoms with van der Waals surface area (Å²) in [5, 5.41) is 0. The first-order valence-corrected chi connectivity index (χ1v) is 6.77. The van der Waals surface area contributed by atoms with E-state index in [1.54, 1.807) is 0 Å². The monoisotopic (exact) mass is 263 g/mol. The van der Waals surface area contributed by atoms with Crippen molar-refractivity contribution in [2.45, 2.75) is 19.1 Å². The van der Waals surface area contributed by atoms with E-state index in [0.29, 0.717) is 12.4 Å². The second-order valence-electron chi connectivity index (χ2n) is 5.45. The molecule has 0 radical (unpaired) electrons. The number of likely N-dealkylation sites (N-methyl/N-ethyl adjacent to an activating group) is 2. The van der Waals surface area contributed by atoms with E-state index in [0.717, 1.165) is 49.7 Å². The highest BCUT2D eigenvalue weighted by Crippen LogP contribution is 2.25. The van der Waals surface area contributed by atoms with Crippen molar-refractivity contribution in [3.8, 4) is 0 Å². The fourth-order valence-electron chi connectivity index (χ4n) is 2.71. The Morgan fingerprint density at radius 3 is 2.95 bits per heavy atom. The molecule has 1 unspecified atom stereocenters. The molecule has 0 amide bonds. The summed E-state index contributed by atoms with van der Waals surface area (Å²) in [6.45, 7) is 4.34. The van der Waals surface area contributed by atoms with Crippen LogP contribution in [0.5, 0.6) is 0 Å². The van der Waals surface area contributed by atoms with Gasteiger partial charge in [-0.15, -0.1) is 0 Å². The first-order valence-electron chi connectivity index (χ1n) is 6.77. The van der Waals surface area contributed by atoms with Crippen LogP contribution in [0, 0.1) is 0 Å². The average molecular weight is 263 g/mol. The van der Waals surface area contributed by atoms with Crippen molar-refractivity contribution in [3.63, 3.8) is 0 Å². The molecule has 2 N–H and O–H groups in total. The Morgan fingerprint density at radius 2 is 2.11 bits per heavy atom. The molecule has 1 saturated heterocycles. The van der Waals surface area contributed by atoms with Gasteiger partial charge in [-0.1, -0.05) is 0 Å². The largest absolute Gasteiger partial charge is 0.383 e. The lowest BCUT2D eigenvalue weighted by molar-refractivity contribution is 0.103. The van der Waals surface area contributed by atoms with Gasteiger partial charge in [-0.2, -0.15) is 0 Å². The zero-order valence-electron chi connectivity index (χ0n) is 11.6. The van der Waals surface area contributed by atoms with Crippen LogP contribution in [0.2, 0.25) is 0 Å². The third-order valence-corrected chi connectivity index (χ3v) is 4.02. The van der Waals surface area contributed by atoms with Crippen LogP contribution in [-0.2, 0) is 17.8 Å². The van der Waals surface area contributed by atoms with Crippen molar-refractivity contribution < 1.29 is 4.74 Å². The van der Waals surface area contributed by atoms with Gasteiger partial charge >= 0.3 is 0 Å². The summed E-state index contributed by atoms with van der Waals surface area (Å²) < 4.78 is 5.42. The molecule has 0 aliphatic carbocycles. The maximum atomic E-state index is 6.07. The highest BCUT2D eigenvalue weighted by Gasteiger charge is 2.28. The van der Waals surface area contributed by atoms with Crippen LogP contribution >= 0.6 is 0 Å². The SMILES string of the molecule is CN1CCN(C)C(c2nc(N)c3c(n2)CCOC3)C1. The number of rotatable bonds is 1. The molecule has 3 rings (SSSR count). The van der Waals surface area contributed by atoms with Crippen LogP contribution in [-0.4, -0.2) is 60.1 Å². The maximum Gasteiger partial charge on any atom is 0.149 e. The highest BCUT2D eigenvalue weighted by molar-refractivity contribution is 5.43. The minimum atomic E-state index is 0.231. The minimum Gasteiger partial charge on any atom is -0.383 e. The molecule has 19 heavy (non-hydrogen) atoms. The standard InChI is InChI=1S/C13H21N5O/c1-17-4-5-18(2)11(7-17)13-15-10-3-6-19-8-9(10)12(14)16-13/h11H,3-8H2,1-2H3,(H2,14,15,16). The second kappa shape index (κ2) is 5.03. The maximum absolute atomic E-state index is 6.07. The number of aromatic nitrogens is 2. The molecule has 1 aromatic rings. The average Bonchev–Trinajstić information content (AvgIpc) is 2.41. The molecular formula is C13H21N5O. The van der Waals surface area contributed by atoms with E-state index in [1.807, 2.05) is 0 Å². The minimum absolute atomic E-state index is 0.231. The highest BCUT2D eigenvalue weighted by atomic mass is 16.5. The molecule has 2 aliphatic rings. The number of nitrogens with zero attached hydrogens (tertiary/aromatic N) is 4. The summed E-state index contributed by atoms with van der Waals surface area (Å²) in [5.74, 6) is 1.44. The predicted octanol–water partition coefficient (Wildman–Crippen LogP) is 0.0498. The molecule has 1 fully saturated rings. The number of hydrogen-bond acceptors (Lipinski definition) is 6. The zero-order chi connectivity index (χ0) is 13.4. The Kier molecular flexibility index (Phi) is 3.38. The van der Waals surface area contributed by atoms with Crippen molar-refractivity contribution >= 4 is 5.82 Å². The van der Waals surface area contributed by atoms with Gasteiger partial charge in [0.2, 0.25) is 0 Å². The van der Waals surface area contributed by atoms with E-state index < -0.39 is 0 Å². The summed E-state index contributed by atoms with van der Waals surface area (Å²) >= 11 is 0. The Morgan fingerprint density at radius 1 is 1.26 bits per heavy atom. The summed E-state index contributed by atoms with van der Waals surface area (Å²) in [4.78, 5) is 13.9. The van der Waals surface area contributed by atoms with Gasteiger partial charge in [0, 0.05) is 31.6 Å². The van der Waals surface area contributed by atoms with Crippen LogP contribution < -0.4 is 5.73 Å². The van der Waals surface area contributed by atoms with E-state index in [2.05, 4.69) is 28.9 Å². The van der Waals surface area contributed by atoms with Crippen molar-refractivity contribution in [1.82, 2.24) is 19.8 Å². The molecule has 104 valence electrons. The molecule has 1 atom stereocenters. The van der Waals surface area contributed by atoms with Gasteiger partial charge in [0.15, 0.2) is 0 Å². The van der Waals surface area contributed by atoms with Gasteiger partial charge < -0.3 is 15.4 Å². The van der Waals surface area contributed by atoms with Crippen LogP contribution in [0.4, 0.5) is 5.82 Å². The lowest BCUT2D eigenvalue weighted by Gasteiger charge is -2.37. The lowest BCUT2D eigenvalue weighted by atomic mass is 10.1. The molecule has 0 bridgehead atoms. The van der Waals surface area contributed by atoms with Crippen molar-refractivity contribution in [2.75, 3.05) is 46.1 Å². The van der Waals surface area contributed by atoms with Gasteiger partial charge in [0.25, 0.3) is 0 Å². The third-order valence-electron chi connectivity index (χ3n) is 4.02. The number of hydrogen-bond donors (Lipinski definition) is 1. The first-order chi connectivity index (χ1) is 9.15. The number of nitrogen functional groups attached to an aromatic ring is 1. The van der Waals surface area contributed by atoms with Gasteiger partial charge in [-0.05, 0) is 14.1 Å². The van der Waals surface area contributed by atoms with E-state index in [1.165, 1.54) is 0 Å². The molecule has 6 heteroatoms. The van der Waals surface area contributed by atoms with Gasteiger partial charge in [0.05, 0.1) is 24.9 Å². The molecule has 6 nitrogen and oxygen atoms in total. The topological polar surface area (TPSA) is 67.5 Å². The molecule has 3 heterocycles. The Bertz CT molecular complexity index is 478. The number of nitrogens with two attached hydrogens (primary N) is 1. The van der Waals surface area contributed by atoms with Crippen molar-refractivity contribution in [1.29, 1.82) is 0 Å². The Balaban J connectivity index is 1.94. The number of piperazine rings is 1. The van der Waals surface area contributed by atoms with Gasteiger partial charge in [-0.3, -0.25) is 4.90 Å². The quantitative estimate of drug-likeness (QED) is 0.772. The first kappa shape index (κ1) is 12.8. The van der Waals surface area contributed by atoms with E-state index in [4.69, 9.17) is 15.5 Å². The van der Waals surface area contributed by atoms with Crippen molar-refractivity contribution in [2.24, 2.45) is 0 Å². The number of ether oxygens (including phenoxy) is 1. The van der Waals surface area contributed by atoms with Crippen molar-refractivity contribution in [3.05, 3.63) is 17.1 Å². The molecule has 0 saturated carbocycles. The van der Waals surface area contributed by atoms with Crippen LogP contribution in [0.1, 0.15) is 23.1 Å². The van der Waals surface area contributed by atoms with E-state index in [-0.39, 0.29) is 6.04 Å². The smallest absolute Gasteiger partial charge is 0.149 e. The molecule has 1 aromatic heterocycles. The normalized spacial score (nSPS) is 25.3. The van der Waals surface area contributed by atoms with Crippen LogP contribution in [0.15, 0.2) is 0 Å². The molecule has 0 aromatic carbocycles. The number of fused-ring (bicyclic) bond motifs is 1. The summed E-state index contributed by atoms with van der Waals surface area (Å²) in [6, 6.07) is 0.231. The molecular weight excluding hydrogens is 242 g/mol. The fourth-order valence-corrected chi connectivity index (χ4v) is 2.71. The Labute approximate surface area is 113 Å². The number of anilines is 1. The van der Waals surface area contributed by atoms with Crippen LogP contribution in [0.25, 0.3) is 0 Å². The van der Waals surface area contributed by atoms with E-state index in [9.17, 15) is 0 Å². The van der Waals surface area contributed by atoms with Gasteiger partial charge in [-0.25, -0.2) is 9.97 Å². The molecule has 2 aliphatic heterocycles. The van der Waals surface area contributed by atoms with E-state index >= 15 is 0 Å². The summed E-state index contributed by atoms with van der Waals surface area (Å²) in [6.07, 6.45) is 0.835. The van der Waals surface area contributed by atoms with Gasteiger partial charge in [0.1, 0.15) is 11.6 Å². The zero-order valence-corrected chi connectivity index (χ0v) is 11.6. The third kappa shape index (κ3) is 2.43. The van der Waals surface area contributed by atoms with Crippen LogP contribution in [0.3, 0.4) is 0 Å². The second-order valence-corrected chi connectivity index (χ2v) is 5.45. The predicted molar refractivity (Wildman–Crippen MR) is 72.7 cm³/mol. The summed E-state index contributed by atoms with van der Waals surface area (Å²) in [5.41, 5.74) is 8.10. The Hall–Kier alpha value is -1.24. The molecule has 0 spiro atoms. The fraction of sp³-hybridized carbons (Fsp3) is 0.692. The lowest BCUT2D eigenvalue weighted by Crippen LogP contribution is -2.45. The summed E-state index contributed by atoms with van der Waals surface area (Å²) in [7, 11) is 4.26.